The number of phosphoric acid groups is 2. The van der Waals surface area contributed by atoms with E-state index in [-0.39, 0.29) is 57.6 Å². The van der Waals surface area contributed by atoms with Crippen LogP contribution in [-0.2, 0) is 47.5 Å². The number of carbonyl (C=O) groups is 1. The standard InChI is InChI=1S/C25H44O9P2/c1-8-29-35(27,30-9-2)33-19-24(34-36(28,31-10-3)32-11-4)16-17-25(26)21(7)23-14-12-22(13-15-23)18-20(5)6/h12-15,20-21,24H,8-11,16-19H2,1-7H3. The molecule has 11 heteroatoms. The van der Waals surface area contributed by atoms with E-state index in [0.29, 0.717) is 5.92 Å². The van der Waals surface area contributed by atoms with Gasteiger partial charge in [0.2, 0.25) is 0 Å². The van der Waals surface area contributed by atoms with E-state index < -0.39 is 21.7 Å². The fourth-order valence-electron chi connectivity index (χ4n) is 3.49. The zero-order valence-electron chi connectivity index (χ0n) is 22.8. The topological polar surface area (TPSA) is 107 Å². The van der Waals surface area contributed by atoms with Gasteiger partial charge < -0.3 is 0 Å². The van der Waals surface area contributed by atoms with Gasteiger partial charge in [-0.1, -0.05) is 45.0 Å². The molecular weight excluding hydrogens is 506 g/mol. The Kier molecular flexibility index (Phi) is 15.5. The Labute approximate surface area is 216 Å². The van der Waals surface area contributed by atoms with Crippen molar-refractivity contribution in [1.29, 1.82) is 0 Å². The lowest BCUT2D eigenvalue weighted by Gasteiger charge is -2.25. The quantitative estimate of drug-likeness (QED) is 0.157. The summed E-state index contributed by atoms with van der Waals surface area (Å²) in [4.78, 5) is 13.0. The van der Waals surface area contributed by atoms with Crippen molar-refractivity contribution in [3.63, 3.8) is 0 Å². The number of Topliss-reactive ketones (excluding diaryl/α,β-unsaturated/α-hetero) is 1. The number of phosphoric ester groups is 2. The van der Waals surface area contributed by atoms with E-state index in [1.807, 2.05) is 19.1 Å². The van der Waals surface area contributed by atoms with Crippen molar-refractivity contribution in [1.82, 2.24) is 0 Å². The van der Waals surface area contributed by atoms with E-state index in [0.717, 1.165) is 12.0 Å². The number of carbonyl (C=O) groups excluding carboxylic acids is 1. The van der Waals surface area contributed by atoms with Gasteiger partial charge in [0.25, 0.3) is 0 Å². The van der Waals surface area contributed by atoms with Crippen LogP contribution in [0.4, 0.5) is 0 Å². The van der Waals surface area contributed by atoms with Crippen molar-refractivity contribution in [3.05, 3.63) is 35.4 Å². The summed E-state index contributed by atoms with van der Waals surface area (Å²) < 4.78 is 57.6. The average molecular weight is 551 g/mol. The van der Waals surface area contributed by atoms with Gasteiger partial charge in [-0.25, -0.2) is 9.13 Å². The molecule has 0 aliphatic heterocycles. The van der Waals surface area contributed by atoms with Gasteiger partial charge in [-0.05, 0) is 57.6 Å². The molecule has 2 atom stereocenters. The number of rotatable bonds is 20. The molecule has 36 heavy (non-hydrogen) atoms. The Morgan fingerprint density at radius 2 is 1.28 bits per heavy atom. The van der Waals surface area contributed by atoms with Crippen LogP contribution in [0.2, 0.25) is 0 Å². The Balaban J connectivity index is 2.93. The van der Waals surface area contributed by atoms with Gasteiger partial charge in [0.15, 0.2) is 0 Å². The predicted octanol–water partition coefficient (Wildman–Crippen LogP) is 7.10. The van der Waals surface area contributed by atoms with Crippen LogP contribution in [-0.4, -0.2) is 44.9 Å². The van der Waals surface area contributed by atoms with E-state index in [9.17, 15) is 13.9 Å². The first-order valence-corrected chi connectivity index (χ1v) is 15.7. The lowest BCUT2D eigenvalue weighted by atomic mass is 9.92. The van der Waals surface area contributed by atoms with Gasteiger partial charge in [-0.15, -0.1) is 0 Å². The van der Waals surface area contributed by atoms with Crippen LogP contribution in [0.3, 0.4) is 0 Å². The minimum Gasteiger partial charge on any atom is -0.299 e. The van der Waals surface area contributed by atoms with Crippen LogP contribution in [0.1, 0.15) is 78.4 Å². The molecule has 0 bridgehead atoms. The van der Waals surface area contributed by atoms with E-state index in [2.05, 4.69) is 26.0 Å². The highest BCUT2D eigenvalue weighted by Crippen LogP contribution is 2.53. The summed E-state index contributed by atoms with van der Waals surface area (Å²) in [6, 6.07) is 8.07. The van der Waals surface area contributed by atoms with Gasteiger partial charge in [0.05, 0.1) is 39.1 Å². The van der Waals surface area contributed by atoms with E-state index >= 15 is 0 Å². The molecule has 1 rings (SSSR count). The molecule has 0 saturated carbocycles. The first-order valence-electron chi connectivity index (χ1n) is 12.7. The maximum Gasteiger partial charge on any atom is 0.475 e. The Morgan fingerprint density at radius 3 is 1.75 bits per heavy atom. The molecule has 1 aromatic rings. The van der Waals surface area contributed by atoms with Crippen molar-refractivity contribution in [2.75, 3.05) is 33.0 Å². The molecule has 9 nitrogen and oxygen atoms in total. The monoisotopic (exact) mass is 550 g/mol. The summed E-state index contributed by atoms with van der Waals surface area (Å²) in [5.74, 6) is 0.211. The molecular formula is C25H44O9P2. The molecule has 2 unspecified atom stereocenters. The molecule has 0 N–H and O–H groups in total. The fourth-order valence-corrected chi connectivity index (χ4v) is 6.05. The van der Waals surface area contributed by atoms with E-state index in [4.69, 9.17) is 27.1 Å². The van der Waals surface area contributed by atoms with Crippen molar-refractivity contribution < 1.29 is 41.1 Å². The van der Waals surface area contributed by atoms with Crippen molar-refractivity contribution >= 4 is 21.4 Å². The summed E-state index contributed by atoms with van der Waals surface area (Å²) >= 11 is 0. The van der Waals surface area contributed by atoms with Crippen LogP contribution in [0, 0.1) is 5.92 Å². The minimum atomic E-state index is -3.91. The van der Waals surface area contributed by atoms with Gasteiger partial charge >= 0.3 is 15.6 Å². The first kappa shape index (κ1) is 33.1. The first-order chi connectivity index (χ1) is 17.0. The molecule has 0 aliphatic carbocycles. The summed E-state index contributed by atoms with van der Waals surface area (Å²) in [5.41, 5.74) is 2.15. The molecule has 0 aromatic heterocycles. The average Bonchev–Trinajstić information content (AvgIpc) is 2.81. The largest absolute Gasteiger partial charge is 0.475 e. The summed E-state index contributed by atoms with van der Waals surface area (Å²) in [6.45, 7) is 13.0. The van der Waals surface area contributed by atoms with Crippen LogP contribution >= 0.6 is 15.6 Å². The smallest absolute Gasteiger partial charge is 0.299 e. The predicted molar refractivity (Wildman–Crippen MR) is 140 cm³/mol. The van der Waals surface area contributed by atoms with Crippen LogP contribution in [0.25, 0.3) is 0 Å². The zero-order chi connectivity index (χ0) is 27.2. The molecule has 1 aromatic carbocycles. The molecule has 0 amide bonds. The Bertz CT molecular complexity index is 838. The highest BCUT2D eigenvalue weighted by Gasteiger charge is 2.34. The van der Waals surface area contributed by atoms with Gasteiger partial charge in [-0.2, -0.15) is 0 Å². The normalized spacial score (nSPS) is 14.2. The fraction of sp³-hybridized carbons (Fsp3) is 0.720. The molecule has 0 saturated heterocycles. The lowest BCUT2D eigenvalue weighted by molar-refractivity contribution is -0.120. The van der Waals surface area contributed by atoms with Crippen molar-refractivity contribution in [3.8, 4) is 0 Å². The summed E-state index contributed by atoms with van der Waals surface area (Å²) in [6.07, 6.45) is 0.341. The lowest BCUT2D eigenvalue weighted by Crippen LogP contribution is -2.22. The molecule has 0 radical (unpaired) electrons. The highest BCUT2D eigenvalue weighted by molar-refractivity contribution is 7.48. The van der Waals surface area contributed by atoms with Gasteiger partial charge in [0, 0.05) is 12.3 Å². The number of benzene rings is 1. The Morgan fingerprint density at radius 1 is 0.778 bits per heavy atom. The maximum absolute atomic E-state index is 13.0. The van der Waals surface area contributed by atoms with Crippen molar-refractivity contribution in [2.45, 2.75) is 79.8 Å². The third-order valence-corrected chi connectivity index (χ3v) is 8.48. The van der Waals surface area contributed by atoms with Crippen LogP contribution < -0.4 is 0 Å². The van der Waals surface area contributed by atoms with Gasteiger partial charge in [-0.3, -0.25) is 31.9 Å². The minimum absolute atomic E-state index is 0.0133. The van der Waals surface area contributed by atoms with Crippen LogP contribution in [0.15, 0.2) is 24.3 Å². The Hall–Kier alpha value is -0.890. The van der Waals surface area contributed by atoms with E-state index in [1.54, 1.807) is 27.7 Å². The molecule has 0 aliphatic rings. The maximum atomic E-state index is 13.0. The second kappa shape index (κ2) is 16.8. The summed E-state index contributed by atoms with van der Waals surface area (Å²) in [5, 5.41) is 0. The SMILES string of the molecule is CCOP(=O)(OCC)OCC(CCC(=O)C(C)c1ccc(CC(C)C)cc1)OP(=O)(OCC)OCC. The zero-order valence-corrected chi connectivity index (χ0v) is 24.6. The molecule has 0 fully saturated rings. The number of hydrogen-bond acceptors (Lipinski definition) is 9. The molecule has 0 heterocycles. The number of hydrogen-bond donors (Lipinski definition) is 0. The van der Waals surface area contributed by atoms with E-state index in [1.165, 1.54) is 5.56 Å². The second-order valence-corrected chi connectivity index (χ2v) is 11.9. The highest BCUT2D eigenvalue weighted by atomic mass is 31.2. The van der Waals surface area contributed by atoms with Crippen LogP contribution in [0.5, 0.6) is 0 Å². The molecule has 208 valence electrons. The third kappa shape index (κ3) is 12.1. The number of ketones is 1. The van der Waals surface area contributed by atoms with Crippen molar-refractivity contribution in [2.24, 2.45) is 5.92 Å². The summed E-state index contributed by atoms with van der Waals surface area (Å²) in [7, 11) is -7.75. The molecule has 0 spiro atoms. The third-order valence-electron chi connectivity index (χ3n) is 5.16. The van der Waals surface area contributed by atoms with Gasteiger partial charge in [0.1, 0.15) is 5.78 Å². The second-order valence-electron chi connectivity index (χ2n) is 8.65.